The zero-order valence-corrected chi connectivity index (χ0v) is 23.4. The predicted molar refractivity (Wildman–Crippen MR) is 134 cm³/mol. The first kappa shape index (κ1) is 32.6. The number of nitrogens with two attached hydrogens (primary N) is 1. The van der Waals surface area contributed by atoms with Gasteiger partial charge in [-0.05, 0) is 6.07 Å². The Kier molecular flexibility index (Phi) is 12.0. The van der Waals surface area contributed by atoms with Gasteiger partial charge in [-0.25, -0.2) is 4.79 Å². The largest absolute Gasteiger partial charge is 0.438 e. The third kappa shape index (κ3) is 8.21. The fourth-order valence-corrected chi connectivity index (χ4v) is 3.42. The zero-order valence-electron chi connectivity index (χ0n) is 23.4. The minimum absolute atomic E-state index is 0.101. The lowest BCUT2D eigenvalue weighted by Crippen LogP contribution is -2.51. The second kappa shape index (κ2) is 14.7. The lowest BCUT2D eigenvalue weighted by Gasteiger charge is -2.30. The summed E-state index contributed by atoms with van der Waals surface area (Å²) in [4.78, 5) is 52.2. The van der Waals surface area contributed by atoms with Crippen LogP contribution in [0.4, 0.5) is 5.82 Å². The highest BCUT2D eigenvalue weighted by atomic mass is 16.7. The summed E-state index contributed by atoms with van der Waals surface area (Å²) in [6, 6.07) is 3.20. The van der Waals surface area contributed by atoms with Crippen molar-refractivity contribution >= 4 is 23.7 Å². The minimum Gasteiger partial charge on any atom is -0.438 e. The van der Waals surface area contributed by atoms with E-state index in [2.05, 4.69) is 4.98 Å². The first-order valence-electron chi connectivity index (χ1n) is 12.6. The normalized spacial score (nSPS) is 22.4. The number of ether oxygens (including phenoxy) is 7. The van der Waals surface area contributed by atoms with Crippen LogP contribution in [0.3, 0.4) is 0 Å². The van der Waals surface area contributed by atoms with E-state index >= 15 is 0 Å². The number of carbonyl (C=O) groups excluding carboxylic acids is 3. The van der Waals surface area contributed by atoms with Crippen LogP contribution in [-0.2, 0) is 53.3 Å². The summed E-state index contributed by atoms with van der Waals surface area (Å²) in [5.74, 6) is -3.04. The van der Waals surface area contributed by atoms with Gasteiger partial charge in [0.1, 0.15) is 24.1 Å². The first-order chi connectivity index (χ1) is 18.8. The highest BCUT2D eigenvalue weighted by Gasteiger charge is 2.60. The van der Waals surface area contributed by atoms with Crippen LogP contribution in [0.2, 0.25) is 0 Å². The lowest BCUT2D eigenvalue weighted by molar-refractivity contribution is -0.195. The summed E-state index contributed by atoms with van der Waals surface area (Å²) in [5, 5.41) is 10.3. The van der Waals surface area contributed by atoms with E-state index in [9.17, 15) is 24.4 Å². The van der Waals surface area contributed by atoms with E-state index in [1.54, 1.807) is 41.5 Å². The third-order valence-corrected chi connectivity index (χ3v) is 5.62. The highest BCUT2D eigenvalue weighted by Crippen LogP contribution is 2.38. The van der Waals surface area contributed by atoms with Gasteiger partial charge in [0.05, 0.1) is 24.4 Å². The van der Waals surface area contributed by atoms with Crippen molar-refractivity contribution in [3.63, 3.8) is 0 Å². The molecule has 1 aromatic rings. The molecule has 0 saturated carbocycles. The molecule has 1 aliphatic heterocycles. The second-order valence-corrected chi connectivity index (χ2v) is 9.77. The standard InChI is InChI=1S/C25H36N4O11/c1-14(2)21(30)37-11-34-9-17-19(35-12-38-22(31)15(3)4)20(36-13-39-23(32)16(5)6)25(10-26,40-17)29-8-7-18(27)28-24(29)33/h7-8,14-17,19-20H,9,11-13H2,1-6H3,(H2,27,28,33)/t17-,19?,20+,25-/m1/s1. The van der Waals surface area contributed by atoms with Crippen molar-refractivity contribution in [2.45, 2.75) is 65.6 Å². The van der Waals surface area contributed by atoms with Crippen molar-refractivity contribution < 1.29 is 47.5 Å². The molecule has 0 amide bonds. The SMILES string of the molecule is CC(C)C(=O)OCOC[C@H]1O[C@@](C#N)(n2ccc(N)nc2=O)[C@@H](OCOC(=O)C(C)C)C1OCOC(=O)C(C)C. The van der Waals surface area contributed by atoms with Crippen molar-refractivity contribution in [2.24, 2.45) is 17.8 Å². The van der Waals surface area contributed by atoms with Crippen molar-refractivity contribution in [1.82, 2.24) is 9.55 Å². The van der Waals surface area contributed by atoms with E-state index in [0.29, 0.717) is 0 Å². The number of hydrogen-bond donors (Lipinski definition) is 1. The Morgan fingerprint density at radius 3 is 2.02 bits per heavy atom. The van der Waals surface area contributed by atoms with Gasteiger partial charge < -0.3 is 38.9 Å². The Labute approximate surface area is 231 Å². The molecule has 15 nitrogen and oxygen atoms in total. The maximum atomic E-state index is 12.8. The topological polar surface area (TPSA) is 201 Å². The maximum absolute atomic E-state index is 12.8. The fourth-order valence-electron chi connectivity index (χ4n) is 3.42. The lowest BCUT2D eigenvalue weighted by atomic mass is 10.0. The molecule has 40 heavy (non-hydrogen) atoms. The van der Waals surface area contributed by atoms with E-state index in [-0.39, 0.29) is 18.3 Å². The molecule has 0 radical (unpaired) electrons. The zero-order chi connectivity index (χ0) is 30.0. The Morgan fingerprint density at radius 1 is 1.00 bits per heavy atom. The number of carbonyl (C=O) groups is 3. The van der Waals surface area contributed by atoms with Gasteiger partial charge in [-0.2, -0.15) is 10.2 Å². The van der Waals surface area contributed by atoms with Crippen molar-refractivity contribution in [3.05, 3.63) is 22.7 Å². The molecule has 4 atom stereocenters. The molecule has 1 unspecified atom stereocenters. The van der Waals surface area contributed by atoms with Crippen LogP contribution >= 0.6 is 0 Å². The van der Waals surface area contributed by atoms with Crippen LogP contribution in [0.25, 0.3) is 0 Å². The first-order valence-corrected chi connectivity index (χ1v) is 12.6. The van der Waals surface area contributed by atoms with Crippen molar-refractivity contribution in [1.29, 1.82) is 5.26 Å². The van der Waals surface area contributed by atoms with Gasteiger partial charge in [-0.3, -0.25) is 19.0 Å². The van der Waals surface area contributed by atoms with Gasteiger partial charge in [0.15, 0.2) is 26.5 Å². The maximum Gasteiger partial charge on any atom is 0.352 e. The summed E-state index contributed by atoms with van der Waals surface area (Å²) in [5.41, 5.74) is 2.47. The molecule has 15 heteroatoms. The molecule has 2 heterocycles. The van der Waals surface area contributed by atoms with Crippen LogP contribution in [0.1, 0.15) is 41.5 Å². The monoisotopic (exact) mass is 568 g/mol. The van der Waals surface area contributed by atoms with Crippen LogP contribution in [0, 0.1) is 29.1 Å². The van der Waals surface area contributed by atoms with Crippen LogP contribution in [0.15, 0.2) is 17.1 Å². The predicted octanol–water partition coefficient (Wildman–Crippen LogP) is 0.658. The fraction of sp³-hybridized carbons (Fsp3) is 0.680. The molecular formula is C25H36N4O11. The molecule has 2 rings (SSSR count). The van der Waals surface area contributed by atoms with Gasteiger partial charge in [0, 0.05) is 6.20 Å². The molecule has 1 fully saturated rings. The van der Waals surface area contributed by atoms with Crippen LogP contribution in [-0.4, -0.2) is 72.8 Å². The number of hydrogen-bond acceptors (Lipinski definition) is 14. The number of nitriles is 1. The second-order valence-electron chi connectivity index (χ2n) is 9.77. The van der Waals surface area contributed by atoms with Crippen molar-refractivity contribution in [3.8, 4) is 6.07 Å². The van der Waals surface area contributed by atoms with E-state index in [0.717, 1.165) is 4.57 Å². The number of nitrogens with zero attached hydrogens (tertiary/aromatic N) is 3. The van der Waals surface area contributed by atoms with Crippen molar-refractivity contribution in [2.75, 3.05) is 32.7 Å². The molecule has 2 N–H and O–H groups in total. The molecule has 222 valence electrons. The number of aromatic nitrogens is 2. The molecular weight excluding hydrogens is 532 g/mol. The van der Waals surface area contributed by atoms with E-state index in [1.807, 2.05) is 6.07 Å². The summed E-state index contributed by atoms with van der Waals surface area (Å²) >= 11 is 0. The molecule has 0 bridgehead atoms. The van der Waals surface area contributed by atoms with Gasteiger partial charge in [-0.15, -0.1) is 0 Å². The molecule has 0 aliphatic carbocycles. The van der Waals surface area contributed by atoms with Gasteiger partial charge in [-0.1, -0.05) is 41.5 Å². The summed E-state index contributed by atoms with van der Waals surface area (Å²) in [6.07, 6.45) is -2.60. The molecule has 1 aliphatic rings. The van der Waals surface area contributed by atoms with Crippen LogP contribution < -0.4 is 11.4 Å². The molecule has 1 aromatic heterocycles. The number of anilines is 1. The number of esters is 3. The average molecular weight is 569 g/mol. The number of rotatable bonds is 14. The molecule has 1 saturated heterocycles. The molecule has 0 spiro atoms. The smallest absolute Gasteiger partial charge is 0.352 e. The highest BCUT2D eigenvalue weighted by molar-refractivity contribution is 5.72. The van der Waals surface area contributed by atoms with Crippen LogP contribution in [0.5, 0.6) is 0 Å². The van der Waals surface area contributed by atoms with E-state index in [4.69, 9.17) is 38.9 Å². The van der Waals surface area contributed by atoms with E-state index < -0.39 is 79.8 Å². The summed E-state index contributed by atoms with van der Waals surface area (Å²) < 4.78 is 39.1. The third-order valence-electron chi connectivity index (χ3n) is 5.62. The van der Waals surface area contributed by atoms with E-state index in [1.165, 1.54) is 12.3 Å². The molecule has 0 aromatic carbocycles. The number of nitrogen functional groups attached to an aromatic ring is 1. The van der Waals surface area contributed by atoms with Gasteiger partial charge in [0.2, 0.25) is 0 Å². The Hall–Kier alpha value is -3.58. The minimum atomic E-state index is -2.21. The van der Waals surface area contributed by atoms with Gasteiger partial charge >= 0.3 is 23.6 Å². The Bertz CT molecular complexity index is 1130. The summed E-state index contributed by atoms with van der Waals surface area (Å²) in [7, 11) is 0. The van der Waals surface area contributed by atoms with Gasteiger partial charge in [0.25, 0.3) is 5.72 Å². The quantitative estimate of drug-likeness (QED) is 0.142. The summed E-state index contributed by atoms with van der Waals surface area (Å²) in [6.45, 7) is 7.87. The average Bonchev–Trinajstić information content (AvgIpc) is 3.19. The Balaban J connectivity index is 2.41. The Morgan fingerprint density at radius 2 is 1.52 bits per heavy atom.